The first-order valence-corrected chi connectivity index (χ1v) is 8.47. The Balaban J connectivity index is 1.58. The zero-order valence-corrected chi connectivity index (χ0v) is 13.8. The van der Waals surface area contributed by atoms with E-state index in [1.807, 2.05) is 18.7 Å². The van der Waals surface area contributed by atoms with Crippen LogP contribution >= 0.6 is 0 Å². The van der Waals surface area contributed by atoms with Crippen LogP contribution in [0.4, 0.5) is 14.9 Å². The Bertz CT molecular complexity index is 570. The summed E-state index contributed by atoms with van der Waals surface area (Å²) in [6.45, 7) is 7.10. The molecule has 2 heterocycles. The number of nitrogens with one attached hydrogen (secondary N) is 1. The highest BCUT2D eigenvalue weighted by atomic mass is 19.1. The van der Waals surface area contributed by atoms with Gasteiger partial charge in [-0.05, 0) is 48.3 Å². The molecule has 1 aromatic carbocycles. The van der Waals surface area contributed by atoms with Gasteiger partial charge in [0.1, 0.15) is 5.82 Å². The van der Waals surface area contributed by atoms with Crippen LogP contribution in [0.25, 0.3) is 0 Å². The van der Waals surface area contributed by atoms with E-state index < -0.39 is 0 Å². The molecule has 0 saturated carbocycles. The first-order chi connectivity index (χ1) is 11.0. The maximum atomic E-state index is 14.0. The number of amides is 2. The van der Waals surface area contributed by atoms with Crippen molar-refractivity contribution in [2.45, 2.75) is 32.6 Å². The predicted octanol–water partition coefficient (Wildman–Crippen LogP) is 3.84. The Morgan fingerprint density at radius 3 is 2.83 bits per heavy atom. The van der Waals surface area contributed by atoms with Crippen LogP contribution in [-0.4, -0.2) is 37.2 Å². The van der Waals surface area contributed by atoms with Crippen molar-refractivity contribution < 1.29 is 13.9 Å². The largest absolute Gasteiger partial charge is 0.381 e. The van der Waals surface area contributed by atoms with Crippen molar-refractivity contribution in [3.8, 4) is 0 Å². The molecule has 4 nitrogen and oxygen atoms in total. The number of anilines is 1. The number of hydrogen-bond donors (Lipinski definition) is 1. The van der Waals surface area contributed by atoms with Crippen molar-refractivity contribution in [1.29, 1.82) is 0 Å². The van der Waals surface area contributed by atoms with Crippen molar-refractivity contribution >= 4 is 11.7 Å². The van der Waals surface area contributed by atoms with Crippen molar-refractivity contribution in [2.24, 2.45) is 11.8 Å². The van der Waals surface area contributed by atoms with Gasteiger partial charge in [0.05, 0.1) is 0 Å². The second-order valence-electron chi connectivity index (χ2n) is 6.94. The van der Waals surface area contributed by atoms with E-state index in [1.54, 1.807) is 12.1 Å². The van der Waals surface area contributed by atoms with E-state index in [1.165, 1.54) is 6.07 Å². The van der Waals surface area contributed by atoms with Gasteiger partial charge in [0.25, 0.3) is 0 Å². The minimum atomic E-state index is -0.264. The molecule has 0 spiro atoms. The third-order valence-electron chi connectivity index (χ3n) is 5.02. The van der Waals surface area contributed by atoms with E-state index in [0.29, 0.717) is 23.1 Å². The molecule has 2 saturated heterocycles. The van der Waals surface area contributed by atoms with Gasteiger partial charge in [0.2, 0.25) is 0 Å². The number of ether oxygens (including phenoxy) is 1. The quantitative estimate of drug-likeness (QED) is 0.919. The third-order valence-corrected chi connectivity index (χ3v) is 5.02. The predicted molar refractivity (Wildman–Crippen MR) is 88.1 cm³/mol. The van der Waals surface area contributed by atoms with Crippen LogP contribution < -0.4 is 5.32 Å². The van der Waals surface area contributed by atoms with E-state index in [0.717, 1.165) is 39.1 Å². The molecule has 0 radical (unpaired) electrons. The SMILES string of the molecule is CC(C)c1ccc(NC(=O)N2CC[C@H]([C@H]3CCOC3)C2)cc1F. The molecular weight excluding hydrogens is 295 g/mol. The van der Waals surface area contributed by atoms with Gasteiger partial charge in [-0.2, -0.15) is 0 Å². The number of carbonyl (C=O) groups is 1. The molecule has 126 valence electrons. The van der Waals surface area contributed by atoms with Crippen LogP contribution in [0, 0.1) is 17.7 Å². The lowest BCUT2D eigenvalue weighted by Crippen LogP contribution is -2.33. The minimum Gasteiger partial charge on any atom is -0.381 e. The Kier molecular flexibility index (Phi) is 4.85. The monoisotopic (exact) mass is 320 g/mol. The number of benzene rings is 1. The summed E-state index contributed by atoms with van der Waals surface area (Å²) in [5.41, 5.74) is 1.19. The highest BCUT2D eigenvalue weighted by Crippen LogP contribution is 2.30. The Labute approximate surface area is 137 Å². The molecule has 2 aliphatic rings. The average molecular weight is 320 g/mol. The van der Waals surface area contributed by atoms with Crippen LogP contribution in [0.2, 0.25) is 0 Å². The van der Waals surface area contributed by atoms with Crippen LogP contribution in [0.3, 0.4) is 0 Å². The highest BCUT2D eigenvalue weighted by Gasteiger charge is 2.33. The van der Waals surface area contributed by atoms with E-state index in [2.05, 4.69) is 5.32 Å². The van der Waals surface area contributed by atoms with Crippen molar-refractivity contribution in [1.82, 2.24) is 4.90 Å². The van der Waals surface area contributed by atoms with Gasteiger partial charge in [-0.15, -0.1) is 0 Å². The molecule has 0 unspecified atom stereocenters. The topological polar surface area (TPSA) is 41.6 Å². The summed E-state index contributed by atoms with van der Waals surface area (Å²) in [6.07, 6.45) is 2.13. The molecule has 23 heavy (non-hydrogen) atoms. The summed E-state index contributed by atoms with van der Waals surface area (Å²) < 4.78 is 19.5. The molecule has 3 rings (SSSR count). The number of hydrogen-bond acceptors (Lipinski definition) is 2. The van der Waals surface area contributed by atoms with Crippen molar-refractivity contribution in [2.75, 3.05) is 31.6 Å². The number of rotatable bonds is 3. The molecule has 5 heteroatoms. The van der Waals surface area contributed by atoms with Crippen molar-refractivity contribution in [3.05, 3.63) is 29.6 Å². The first-order valence-electron chi connectivity index (χ1n) is 8.47. The molecule has 2 fully saturated rings. The fourth-order valence-electron chi connectivity index (χ4n) is 3.56. The molecule has 1 aromatic rings. The Morgan fingerprint density at radius 1 is 1.35 bits per heavy atom. The van der Waals surface area contributed by atoms with Gasteiger partial charge in [-0.3, -0.25) is 0 Å². The summed E-state index contributed by atoms with van der Waals surface area (Å²) in [7, 11) is 0. The number of halogens is 1. The van der Waals surface area contributed by atoms with Gasteiger partial charge < -0.3 is 15.0 Å². The molecule has 1 N–H and O–H groups in total. The number of carbonyl (C=O) groups excluding carboxylic acids is 1. The highest BCUT2D eigenvalue weighted by molar-refractivity contribution is 5.89. The Morgan fingerprint density at radius 2 is 2.17 bits per heavy atom. The van der Waals surface area contributed by atoms with E-state index in [-0.39, 0.29) is 17.8 Å². The molecule has 2 aliphatic heterocycles. The maximum Gasteiger partial charge on any atom is 0.321 e. The summed E-state index contributed by atoms with van der Waals surface area (Å²) in [5.74, 6) is 0.979. The fraction of sp³-hybridized carbons (Fsp3) is 0.611. The van der Waals surface area contributed by atoms with Gasteiger partial charge in [-0.1, -0.05) is 19.9 Å². The van der Waals surface area contributed by atoms with Crippen molar-refractivity contribution in [3.63, 3.8) is 0 Å². The molecular formula is C18H25FN2O2. The van der Waals surface area contributed by atoms with Gasteiger partial charge in [-0.25, -0.2) is 9.18 Å². The van der Waals surface area contributed by atoms with Crippen LogP contribution in [0.15, 0.2) is 18.2 Å². The third kappa shape index (κ3) is 3.66. The van der Waals surface area contributed by atoms with Crippen LogP contribution in [0.5, 0.6) is 0 Å². The lowest BCUT2D eigenvalue weighted by atomic mass is 9.91. The van der Waals surface area contributed by atoms with E-state index >= 15 is 0 Å². The smallest absolute Gasteiger partial charge is 0.321 e. The van der Waals surface area contributed by atoms with E-state index in [4.69, 9.17) is 4.74 Å². The standard InChI is InChI=1S/C18H25FN2O2/c1-12(2)16-4-3-15(9-17(16)19)20-18(22)21-7-5-13(10-21)14-6-8-23-11-14/h3-4,9,12-14H,5-8,10-11H2,1-2H3,(H,20,22)/t13-,14-/m0/s1. The normalized spacial score (nSPS) is 24.4. The van der Waals surface area contributed by atoms with Crippen LogP contribution in [0.1, 0.15) is 38.2 Å². The number of likely N-dealkylation sites (tertiary alicyclic amines) is 1. The second kappa shape index (κ2) is 6.87. The number of nitrogens with zero attached hydrogens (tertiary/aromatic N) is 1. The van der Waals surface area contributed by atoms with Gasteiger partial charge >= 0.3 is 6.03 Å². The van der Waals surface area contributed by atoms with Gasteiger partial charge in [0.15, 0.2) is 0 Å². The molecule has 2 amide bonds. The average Bonchev–Trinajstić information content (AvgIpc) is 3.18. The first kappa shape index (κ1) is 16.2. The summed E-state index contributed by atoms with van der Waals surface area (Å²) in [6, 6.07) is 4.79. The maximum absolute atomic E-state index is 14.0. The summed E-state index contributed by atoms with van der Waals surface area (Å²) in [5, 5.41) is 2.82. The molecule has 2 atom stereocenters. The minimum absolute atomic E-state index is 0.132. The molecule has 0 aliphatic carbocycles. The zero-order chi connectivity index (χ0) is 16.4. The lowest BCUT2D eigenvalue weighted by molar-refractivity contribution is 0.171. The zero-order valence-electron chi connectivity index (χ0n) is 13.8. The molecule has 0 aromatic heterocycles. The fourth-order valence-corrected chi connectivity index (χ4v) is 3.56. The molecule has 0 bridgehead atoms. The lowest BCUT2D eigenvalue weighted by Gasteiger charge is -2.20. The van der Waals surface area contributed by atoms with E-state index in [9.17, 15) is 9.18 Å². The summed E-state index contributed by atoms with van der Waals surface area (Å²) >= 11 is 0. The summed E-state index contributed by atoms with van der Waals surface area (Å²) in [4.78, 5) is 14.2. The Hall–Kier alpha value is -1.62. The number of urea groups is 1. The van der Waals surface area contributed by atoms with Crippen LogP contribution in [-0.2, 0) is 4.74 Å². The second-order valence-corrected chi connectivity index (χ2v) is 6.94. The van der Waals surface area contributed by atoms with Gasteiger partial charge in [0, 0.05) is 32.0 Å².